The van der Waals surface area contributed by atoms with Gasteiger partial charge in [0.2, 0.25) is 0 Å². The van der Waals surface area contributed by atoms with Gasteiger partial charge in [0.25, 0.3) is 0 Å². The normalized spacial score (nSPS) is 18.0. The van der Waals surface area contributed by atoms with Crippen LogP contribution >= 0.6 is 0 Å². The van der Waals surface area contributed by atoms with Crippen molar-refractivity contribution in [2.24, 2.45) is 0 Å². The van der Waals surface area contributed by atoms with E-state index in [1.54, 1.807) is 0 Å². The zero-order chi connectivity index (χ0) is 20.9. The summed E-state index contributed by atoms with van der Waals surface area (Å²) in [5, 5.41) is 17.1. The summed E-state index contributed by atoms with van der Waals surface area (Å²) in [5.41, 5.74) is 3.28. The molecule has 0 spiro atoms. The first-order chi connectivity index (χ1) is 13.8. The summed E-state index contributed by atoms with van der Waals surface area (Å²) in [5.74, 6) is 0. The minimum Gasteiger partial charge on any atom is -0.443 e. The molecule has 0 fully saturated rings. The van der Waals surface area contributed by atoms with Crippen LogP contribution in [0.5, 0.6) is 0 Å². The summed E-state index contributed by atoms with van der Waals surface area (Å²) >= 11 is 0. The van der Waals surface area contributed by atoms with Crippen LogP contribution < -0.4 is 10.6 Å². The number of benzene rings is 2. The second-order valence-electron chi connectivity index (χ2n) is 8.77. The van der Waals surface area contributed by atoms with Gasteiger partial charge in [0.05, 0.1) is 0 Å². The average molecular weight is 397 g/mol. The zero-order valence-electron chi connectivity index (χ0n) is 17.5. The number of ether oxygens (including phenoxy) is 1. The molecule has 1 aliphatic carbocycles. The maximum absolute atomic E-state index is 12.3. The van der Waals surface area contributed by atoms with Crippen LogP contribution in [-0.4, -0.2) is 35.5 Å². The molecule has 0 saturated heterocycles. The molecule has 5 heteroatoms. The minimum absolute atomic E-state index is 0.224. The van der Waals surface area contributed by atoms with Gasteiger partial charge in [-0.25, -0.2) is 4.79 Å². The molecule has 1 amide bonds. The first kappa shape index (κ1) is 21.3. The van der Waals surface area contributed by atoms with E-state index >= 15 is 0 Å². The molecule has 0 bridgehead atoms. The smallest absolute Gasteiger partial charge is 0.407 e. The van der Waals surface area contributed by atoms with Gasteiger partial charge in [0, 0.05) is 24.5 Å². The van der Waals surface area contributed by atoms with Gasteiger partial charge in [0.1, 0.15) is 12.2 Å². The van der Waals surface area contributed by atoms with E-state index in [1.165, 1.54) is 11.1 Å². The minimum atomic E-state index is -0.811. The molecule has 2 aromatic carbocycles. The van der Waals surface area contributed by atoms with Gasteiger partial charge in [-0.2, -0.15) is 0 Å². The van der Waals surface area contributed by atoms with Crippen molar-refractivity contribution >= 4 is 6.09 Å². The number of hydrogen-bond acceptors (Lipinski definition) is 4. The summed E-state index contributed by atoms with van der Waals surface area (Å²) in [6.07, 6.45) is 0.562. The van der Waals surface area contributed by atoms with Crippen LogP contribution in [-0.2, 0) is 17.6 Å². The van der Waals surface area contributed by atoms with Crippen LogP contribution in [0.4, 0.5) is 4.79 Å². The third kappa shape index (κ3) is 6.31. The molecule has 156 valence electrons. The molecule has 3 atom stereocenters. The SMILES string of the molecule is CC(C)(C)NC(=O)O[C@@H](Cc1ccccc1)[C@@H](O)CN[C@H]1CCc2ccccc21. The molecule has 3 N–H and O–H groups in total. The van der Waals surface area contributed by atoms with Crippen LogP contribution in [0, 0.1) is 0 Å². The van der Waals surface area contributed by atoms with Gasteiger partial charge in [-0.3, -0.25) is 0 Å². The Morgan fingerprint density at radius 3 is 2.55 bits per heavy atom. The van der Waals surface area contributed by atoms with Crippen molar-refractivity contribution in [1.29, 1.82) is 0 Å². The van der Waals surface area contributed by atoms with Gasteiger partial charge in [-0.15, -0.1) is 0 Å². The molecule has 3 rings (SSSR count). The summed E-state index contributed by atoms with van der Waals surface area (Å²) < 4.78 is 5.64. The highest BCUT2D eigenvalue weighted by Crippen LogP contribution is 2.30. The lowest BCUT2D eigenvalue weighted by atomic mass is 10.0. The first-order valence-corrected chi connectivity index (χ1v) is 10.3. The Balaban J connectivity index is 1.63. The number of carbonyl (C=O) groups excluding carboxylic acids is 1. The zero-order valence-corrected chi connectivity index (χ0v) is 17.5. The highest BCUT2D eigenvalue weighted by Gasteiger charge is 2.28. The fourth-order valence-corrected chi connectivity index (χ4v) is 3.74. The summed E-state index contributed by atoms with van der Waals surface area (Å²) in [6, 6.07) is 18.4. The number of alkyl carbamates (subject to hydrolysis) is 1. The molecule has 0 saturated carbocycles. The topological polar surface area (TPSA) is 70.6 Å². The van der Waals surface area contributed by atoms with Crippen molar-refractivity contribution in [3.05, 3.63) is 71.3 Å². The number of carbonyl (C=O) groups is 1. The van der Waals surface area contributed by atoms with E-state index in [0.717, 1.165) is 18.4 Å². The van der Waals surface area contributed by atoms with Crippen molar-refractivity contribution in [2.45, 2.75) is 63.8 Å². The van der Waals surface area contributed by atoms with Gasteiger partial charge in [-0.1, -0.05) is 54.6 Å². The first-order valence-electron chi connectivity index (χ1n) is 10.3. The Morgan fingerprint density at radius 1 is 1.14 bits per heavy atom. The van der Waals surface area contributed by atoms with E-state index in [4.69, 9.17) is 4.74 Å². The lowest BCUT2D eigenvalue weighted by molar-refractivity contribution is 0.000423. The van der Waals surface area contributed by atoms with E-state index in [1.807, 2.05) is 57.2 Å². The number of fused-ring (bicyclic) bond motifs is 1. The Kier molecular flexibility index (Phi) is 6.93. The fraction of sp³-hybridized carbons (Fsp3) is 0.458. The highest BCUT2D eigenvalue weighted by atomic mass is 16.6. The monoisotopic (exact) mass is 396 g/mol. The number of rotatable bonds is 7. The number of aliphatic hydroxyl groups is 1. The quantitative estimate of drug-likeness (QED) is 0.666. The molecule has 0 radical (unpaired) electrons. The molecule has 1 aliphatic rings. The molecule has 0 aromatic heterocycles. The van der Waals surface area contributed by atoms with Crippen LogP contribution in [0.1, 0.15) is 49.9 Å². The molecule has 0 aliphatic heterocycles. The van der Waals surface area contributed by atoms with E-state index in [-0.39, 0.29) is 6.04 Å². The van der Waals surface area contributed by atoms with Crippen molar-refractivity contribution in [3.63, 3.8) is 0 Å². The number of amides is 1. The van der Waals surface area contributed by atoms with Crippen molar-refractivity contribution in [1.82, 2.24) is 10.6 Å². The summed E-state index contributed by atoms with van der Waals surface area (Å²) in [7, 11) is 0. The van der Waals surface area contributed by atoms with E-state index in [0.29, 0.717) is 13.0 Å². The Morgan fingerprint density at radius 2 is 1.83 bits per heavy atom. The molecule has 29 heavy (non-hydrogen) atoms. The largest absolute Gasteiger partial charge is 0.443 e. The predicted molar refractivity (Wildman–Crippen MR) is 115 cm³/mol. The van der Waals surface area contributed by atoms with Crippen LogP contribution in [0.25, 0.3) is 0 Å². The van der Waals surface area contributed by atoms with E-state index in [9.17, 15) is 9.90 Å². The number of hydrogen-bond donors (Lipinski definition) is 3. The molecule has 0 unspecified atom stereocenters. The summed E-state index contributed by atoms with van der Waals surface area (Å²) in [4.78, 5) is 12.3. The molecule has 2 aromatic rings. The Bertz CT molecular complexity index is 801. The second-order valence-corrected chi connectivity index (χ2v) is 8.77. The Labute approximate surface area is 173 Å². The lowest BCUT2D eigenvalue weighted by Crippen LogP contribution is -2.46. The Hall–Kier alpha value is -2.37. The van der Waals surface area contributed by atoms with Crippen molar-refractivity contribution < 1.29 is 14.6 Å². The predicted octanol–water partition coefficient (Wildman–Crippen LogP) is 3.76. The molecular weight excluding hydrogens is 364 g/mol. The van der Waals surface area contributed by atoms with E-state index in [2.05, 4.69) is 28.8 Å². The molecule has 5 nitrogen and oxygen atoms in total. The van der Waals surface area contributed by atoms with Crippen molar-refractivity contribution in [2.75, 3.05) is 6.54 Å². The van der Waals surface area contributed by atoms with E-state index < -0.39 is 23.8 Å². The maximum atomic E-state index is 12.3. The van der Waals surface area contributed by atoms with Crippen molar-refractivity contribution in [3.8, 4) is 0 Å². The molecule has 0 heterocycles. The van der Waals surface area contributed by atoms with Crippen LogP contribution in [0.2, 0.25) is 0 Å². The van der Waals surface area contributed by atoms with Gasteiger partial charge in [0.15, 0.2) is 0 Å². The highest BCUT2D eigenvalue weighted by molar-refractivity contribution is 5.68. The second kappa shape index (κ2) is 9.42. The maximum Gasteiger partial charge on any atom is 0.407 e. The van der Waals surface area contributed by atoms with Gasteiger partial charge >= 0.3 is 6.09 Å². The van der Waals surface area contributed by atoms with Crippen LogP contribution in [0.15, 0.2) is 54.6 Å². The molecular formula is C24H32N2O3. The van der Waals surface area contributed by atoms with Gasteiger partial charge in [-0.05, 0) is 50.3 Å². The summed E-state index contributed by atoms with van der Waals surface area (Å²) in [6.45, 7) is 6.06. The van der Waals surface area contributed by atoms with Gasteiger partial charge < -0.3 is 20.5 Å². The fourth-order valence-electron chi connectivity index (χ4n) is 3.74. The third-order valence-corrected chi connectivity index (χ3v) is 5.15. The number of aryl methyl sites for hydroxylation is 1. The van der Waals surface area contributed by atoms with Crippen LogP contribution in [0.3, 0.4) is 0 Å². The standard InChI is InChI=1S/C24H32N2O3/c1-24(2,3)26-23(28)29-22(15-17-9-5-4-6-10-17)21(27)16-25-20-14-13-18-11-7-8-12-19(18)20/h4-12,20-22,25,27H,13-16H2,1-3H3,(H,26,28)/t20-,21-,22-/m0/s1. The third-order valence-electron chi connectivity index (χ3n) is 5.15. The lowest BCUT2D eigenvalue weighted by Gasteiger charge is -2.27. The number of aliphatic hydroxyl groups excluding tert-OH is 1. The number of nitrogens with one attached hydrogen (secondary N) is 2. The average Bonchev–Trinajstić information content (AvgIpc) is 3.08.